The van der Waals surface area contributed by atoms with Crippen LogP contribution in [0.15, 0.2) is 70.1 Å². The molecule has 4 rings (SSSR count). The number of rotatable bonds is 3. The average Bonchev–Trinajstić information content (AvgIpc) is 3.16. The molecule has 1 N–H and O–H groups in total. The van der Waals surface area contributed by atoms with E-state index in [-0.39, 0.29) is 0 Å². The number of benzene rings is 2. The Labute approximate surface area is 144 Å². The van der Waals surface area contributed by atoms with Crippen LogP contribution >= 0.6 is 23.1 Å². The molecular weight excluding hydrogens is 320 g/mol. The molecule has 114 valence electrons. The number of thiazole rings is 1. The number of fused-ring (bicyclic) bond motifs is 2. The minimum absolute atomic E-state index is 0.984. The van der Waals surface area contributed by atoms with E-state index in [0.29, 0.717) is 0 Å². The molecule has 0 spiro atoms. The van der Waals surface area contributed by atoms with Crippen molar-refractivity contribution < 1.29 is 0 Å². The molecule has 2 heterocycles. The number of nitrogens with zero attached hydrogens (tertiary/aromatic N) is 1. The third-order valence-corrected chi connectivity index (χ3v) is 5.71. The summed E-state index contributed by atoms with van der Waals surface area (Å²) in [4.78, 5) is 5.99. The zero-order valence-electron chi connectivity index (χ0n) is 12.7. The van der Waals surface area contributed by atoms with Gasteiger partial charge in [0.05, 0.1) is 20.9 Å². The van der Waals surface area contributed by atoms with Crippen LogP contribution in [0, 0.1) is 0 Å². The molecule has 0 unspecified atom stereocenters. The highest BCUT2D eigenvalue weighted by atomic mass is 32.2. The first kappa shape index (κ1) is 14.5. The van der Waals surface area contributed by atoms with Crippen molar-refractivity contribution in [2.45, 2.75) is 18.2 Å². The predicted molar refractivity (Wildman–Crippen MR) is 102 cm³/mol. The van der Waals surface area contributed by atoms with Gasteiger partial charge in [0.1, 0.15) is 5.01 Å². The molecule has 0 saturated carbocycles. The maximum absolute atomic E-state index is 4.70. The van der Waals surface area contributed by atoms with Gasteiger partial charge >= 0.3 is 0 Å². The minimum atomic E-state index is 0.984. The van der Waals surface area contributed by atoms with Crippen LogP contribution in [0.2, 0.25) is 0 Å². The van der Waals surface area contributed by atoms with Crippen molar-refractivity contribution in [1.82, 2.24) is 4.98 Å². The second kappa shape index (κ2) is 6.22. The summed E-state index contributed by atoms with van der Waals surface area (Å²) in [5.74, 6) is 0. The van der Waals surface area contributed by atoms with E-state index in [0.717, 1.165) is 16.9 Å². The molecule has 0 amide bonds. The summed E-state index contributed by atoms with van der Waals surface area (Å²) in [5, 5.41) is 5.73. The van der Waals surface area contributed by atoms with Crippen molar-refractivity contribution in [1.29, 1.82) is 0 Å². The molecule has 1 aliphatic heterocycles. The lowest BCUT2D eigenvalue weighted by atomic mass is 10.2. The van der Waals surface area contributed by atoms with E-state index in [2.05, 4.69) is 66.9 Å². The lowest BCUT2D eigenvalue weighted by molar-refractivity contribution is 1.16. The zero-order valence-corrected chi connectivity index (χ0v) is 14.4. The van der Waals surface area contributed by atoms with Gasteiger partial charge in [0, 0.05) is 4.90 Å². The molecule has 0 aliphatic carbocycles. The number of anilines is 1. The summed E-state index contributed by atoms with van der Waals surface area (Å²) < 4.78 is 1.24. The Morgan fingerprint density at radius 1 is 1.13 bits per heavy atom. The van der Waals surface area contributed by atoms with E-state index in [1.165, 1.54) is 25.9 Å². The summed E-state index contributed by atoms with van der Waals surface area (Å²) >= 11 is 3.53. The molecule has 2 aromatic carbocycles. The Kier molecular flexibility index (Phi) is 3.93. The number of nitrogens with one attached hydrogen (secondary N) is 1. The molecule has 23 heavy (non-hydrogen) atoms. The second-order valence-electron chi connectivity index (χ2n) is 5.32. The van der Waals surface area contributed by atoms with Crippen molar-refractivity contribution >= 4 is 45.1 Å². The van der Waals surface area contributed by atoms with Crippen LogP contribution in [0.5, 0.6) is 0 Å². The van der Waals surface area contributed by atoms with Crippen molar-refractivity contribution in [2.24, 2.45) is 0 Å². The Morgan fingerprint density at radius 3 is 2.78 bits per heavy atom. The molecule has 0 saturated heterocycles. The topological polar surface area (TPSA) is 24.9 Å². The first-order chi connectivity index (χ1) is 11.3. The Balaban J connectivity index is 1.63. The molecule has 0 radical (unpaired) electrons. The molecule has 2 nitrogen and oxygen atoms in total. The van der Waals surface area contributed by atoms with Gasteiger partial charge in [-0.1, -0.05) is 43.0 Å². The first-order valence-electron chi connectivity index (χ1n) is 7.63. The van der Waals surface area contributed by atoms with Gasteiger partial charge in [0.25, 0.3) is 0 Å². The first-order valence-corrected chi connectivity index (χ1v) is 9.27. The maximum Gasteiger partial charge on any atom is 0.117 e. The summed E-state index contributed by atoms with van der Waals surface area (Å²) in [6, 6.07) is 16.7. The van der Waals surface area contributed by atoms with Gasteiger partial charge in [-0.25, -0.2) is 4.98 Å². The van der Waals surface area contributed by atoms with Crippen LogP contribution < -0.4 is 5.32 Å². The van der Waals surface area contributed by atoms with E-state index in [1.807, 2.05) is 6.07 Å². The summed E-state index contributed by atoms with van der Waals surface area (Å²) in [5.41, 5.74) is 3.55. The molecule has 1 aliphatic rings. The van der Waals surface area contributed by atoms with Crippen LogP contribution in [0.1, 0.15) is 18.4 Å². The highest BCUT2D eigenvalue weighted by Crippen LogP contribution is 2.41. The molecule has 3 aromatic rings. The molecule has 0 bridgehead atoms. The van der Waals surface area contributed by atoms with Gasteiger partial charge in [-0.3, -0.25) is 0 Å². The predicted octanol–water partition coefficient (Wildman–Crippen LogP) is 6.15. The van der Waals surface area contributed by atoms with Crippen molar-refractivity contribution in [2.75, 3.05) is 5.32 Å². The van der Waals surface area contributed by atoms with Crippen molar-refractivity contribution in [3.05, 3.63) is 70.2 Å². The van der Waals surface area contributed by atoms with Gasteiger partial charge < -0.3 is 5.32 Å². The normalized spacial score (nSPS) is 15.9. The lowest BCUT2D eigenvalue weighted by Crippen LogP contribution is -1.89. The standard InChI is InChI=1S/C19H16N2S2/c1-2-13(11-18-20-14-7-3-5-9-16(14)22-18)12-19-21-15-8-4-6-10-17(15)23-19/h3-12,20H,2H2,1H3/b13-12+,18-11-. The largest absolute Gasteiger partial charge is 0.349 e. The highest BCUT2D eigenvalue weighted by Gasteiger charge is 2.14. The van der Waals surface area contributed by atoms with E-state index < -0.39 is 0 Å². The third-order valence-electron chi connectivity index (χ3n) is 3.71. The quantitative estimate of drug-likeness (QED) is 0.621. The number of hydrogen-bond acceptors (Lipinski definition) is 4. The highest BCUT2D eigenvalue weighted by molar-refractivity contribution is 8.03. The number of allylic oxidation sites excluding steroid dienone is 2. The van der Waals surface area contributed by atoms with Crippen molar-refractivity contribution in [3.8, 4) is 0 Å². The van der Waals surface area contributed by atoms with E-state index >= 15 is 0 Å². The number of para-hydroxylation sites is 2. The molecule has 0 fully saturated rings. The van der Waals surface area contributed by atoms with Crippen LogP contribution in [0.4, 0.5) is 5.69 Å². The number of hydrogen-bond donors (Lipinski definition) is 1. The van der Waals surface area contributed by atoms with Crippen LogP contribution in [0.25, 0.3) is 16.3 Å². The summed E-state index contributed by atoms with van der Waals surface area (Å²) in [6.07, 6.45) is 5.41. The maximum atomic E-state index is 4.70. The molecular formula is C19H16N2S2. The number of thioether (sulfide) groups is 1. The van der Waals surface area contributed by atoms with E-state index in [4.69, 9.17) is 4.98 Å². The molecule has 4 heteroatoms. The summed E-state index contributed by atoms with van der Waals surface area (Å²) in [7, 11) is 0. The van der Waals surface area contributed by atoms with Gasteiger partial charge in [0.15, 0.2) is 0 Å². The fraction of sp³-hybridized carbons (Fsp3) is 0.105. The third kappa shape index (κ3) is 3.05. The van der Waals surface area contributed by atoms with E-state index in [9.17, 15) is 0 Å². The van der Waals surface area contributed by atoms with Crippen LogP contribution in [-0.2, 0) is 0 Å². The van der Waals surface area contributed by atoms with Gasteiger partial charge in [0.2, 0.25) is 0 Å². The minimum Gasteiger partial charge on any atom is -0.349 e. The Morgan fingerprint density at radius 2 is 1.96 bits per heavy atom. The zero-order chi connectivity index (χ0) is 15.6. The van der Waals surface area contributed by atoms with Crippen LogP contribution in [0.3, 0.4) is 0 Å². The van der Waals surface area contributed by atoms with Crippen LogP contribution in [-0.4, -0.2) is 4.98 Å². The smallest absolute Gasteiger partial charge is 0.117 e. The second-order valence-corrected chi connectivity index (χ2v) is 7.47. The molecule has 0 atom stereocenters. The van der Waals surface area contributed by atoms with Gasteiger partial charge in [-0.15, -0.1) is 11.3 Å². The van der Waals surface area contributed by atoms with Crippen molar-refractivity contribution in [3.63, 3.8) is 0 Å². The Bertz CT molecular complexity index is 862. The average molecular weight is 336 g/mol. The van der Waals surface area contributed by atoms with Gasteiger partial charge in [-0.05, 0) is 48.4 Å². The molecule has 1 aromatic heterocycles. The summed E-state index contributed by atoms with van der Waals surface area (Å²) in [6.45, 7) is 2.18. The Hall–Kier alpha value is -2.04. The van der Waals surface area contributed by atoms with Gasteiger partial charge in [-0.2, -0.15) is 0 Å². The SMILES string of the molecule is CCC(/C=C1/Nc2ccccc2S1)=C\c1nc2ccccc2s1. The fourth-order valence-electron chi connectivity index (χ4n) is 2.53. The number of aromatic nitrogens is 1. The monoisotopic (exact) mass is 336 g/mol. The van der Waals surface area contributed by atoms with E-state index in [1.54, 1.807) is 23.1 Å². The lowest BCUT2D eigenvalue weighted by Gasteiger charge is -2.01. The fourth-order valence-corrected chi connectivity index (χ4v) is 4.45.